The van der Waals surface area contributed by atoms with Gasteiger partial charge in [-0.1, -0.05) is 18.2 Å². The van der Waals surface area contributed by atoms with Gasteiger partial charge >= 0.3 is 0 Å². The molecule has 0 radical (unpaired) electrons. The Morgan fingerprint density at radius 2 is 1.93 bits per heavy atom. The molecule has 0 aromatic heterocycles. The van der Waals surface area contributed by atoms with Gasteiger partial charge in [0, 0.05) is 45.8 Å². The Balaban J connectivity index is 0.00000320. The number of para-hydroxylation sites is 1. The summed E-state index contributed by atoms with van der Waals surface area (Å²) in [5.41, 5.74) is 1.91. The maximum atomic E-state index is 12.8. The van der Waals surface area contributed by atoms with Crippen LogP contribution in [0.5, 0.6) is 0 Å². The van der Waals surface area contributed by atoms with Gasteiger partial charge in [0.15, 0.2) is 5.96 Å². The fourth-order valence-corrected chi connectivity index (χ4v) is 5.08. The molecule has 0 amide bonds. The number of anilines is 1. The number of guanidine groups is 1. The van der Waals surface area contributed by atoms with Crippen LogP contribution in [0.25, 0.3) is 0 Å². The van der Waals surface area contributed by atoms with Crippen molar-refractivity contribution in [1.82, 2.24) is 15.5 Å². The van der Waals surface area contributed by atoms with E-state index < -0.39 is 10.0 Å². The number of morpholine rings is 1. The fourth-order valence-electron chi connectivity index (χ4n) is 3.66. The van der Waals surface area contributed by atoms with Crippen molar-refractivity contribution < 1.29 is 13.2 Å². The first-order chi connectivity index (χ1) is 14.1. The normalized spacial score (nSPS) is 17.4. The molecule has 1 saturated heterocycles. The number of nitrogens with zero attached hydrogens (tertiary/aromatic N) is 3. The van der Waals surface area contributed by atoms with E-state index in [0.717, 1.165) is 63.5 Å². The van der Waals surface area contributed by atoms with Crippen LogP contribution in [0.15, 0.2) is 29.3 Å². The lowest BCUT2D eigenvalue weighted by atomic mass is 10.2. The topological polar surface area (TPSA) is 86.3 Å². The van der Waals surface area contributed by atoms with Crippen molar-refractivity contribution in [3.8, 4) is 0 Å². The third-order valence-corrected chi connectivity index (χ3v) is 6.95. The molecule has 0 atom stereocenters. The van der Waals surface area contributed by atoms with Crippen molar-refractivity contribution in [2.75, 3.05) is 69.1 Å². The van der Waals surface area contributed by atoms with Gasteiger partial charge in [-0.3, -0.25) is 14.2 Å². The third-order valence-electron chi connectivity index (χ3n) is 5.18. The van der Waals surface area contributed by atoms with E-state index in [4.69, 9.17) is 4.74 Å². The van der Waals surface area contributed by atoms with E-state index in [1.165, 1.54) is 4.31 Å². The minimum atomic E-state index is -3.35. The van der Waals surface area contributed by atoms with Crippen LogP contribution in [-0.2, 0) is 21.2 Å². The van der Waals surface area contributed by atoms with Crippen LogP contribution in [0.3, 0.4) is 0 Å². The molecule has 8 nitrogen and oxygen atoms in total. The van der Waals surface area contributed by atoms with Gasteiger partial charge in [-0.2, -0.15) is 0 Å². The molecule has 2 N–H and O–H groups in total. The van der Waals surface area contributed by atoms with E-state index in [9.17, 15) is 8.42 Å². The zero-order chi connectivity index (χ0) is 20.5. The highest BCUT2D eigenvalue weighted by Crippen LogP contribution is 2.29. The molecule has 170 valence electrons. The molecule has 1 fully saturated rings. The number of rotatable bonds is 9. The molecule has 2 aliphatic heterocycles. The first kappa shape index (κ1) is 25.2. The lowest BCUT2D eigenvalue weighted by molar-refractivity contribution is 0.0377. The summed E-state index contributed by atoms with van der Waals surface area (Å²) < 4.78 is 32.5. The Bertz CT molecular complexity index is 784. The summed E-state index contributed by atoms with van der Waals surface area (Å²) in [4.78, 5) is 6.97. The zero-order valence-corrected chi connectivity index (χ0v) is 20.8. The molecule has 2 heterocycles. The number of hydrogen-bond donors (Lipinski definition) is 2. The number of ether oxygens (including phenoxy) is 1. The lowest BCUT2D eigenvalue weighted by Crippen LogP contribution is -2.42. The van der Waals surface area contributed by atoms with E-state index in [0.29, 0.717) is 25.6 Å². The number of hydrogen-bond acceptors (Lipinski definition) is 5. The van der Waals surface area contributed by atoms with Crippen LogP contribution in [-0.4, -0.2) is 84.1 Å². The summed E-state index contributed by atoms with van der Waals surface area (Å²) in [6.07, 6.45) is 1.75. The molecule has 3 rings (SSSR count). The molecule has 0 aliphatic carbocycles. The number of halogens is 1. The molecule has 0 spiro atoms. The highest BCUT2D eigenvalue weighted by molar-refractivity contribution is 14.0. The Morgan fingerprint density at radius 3 is 2.70 bits per heavy atom. The van der Waals surface area contributed by atoms with Crippen molar-refractivity contribution >= 4 is 45.6 Å². The number of benzene rings is 1. The Hall–Kier alpha value is -1.11. The van der Waals surface area contributed by atoms with Gasteiger partial charge in [0.25, 0.3) is 0 Å². The largest absolute Gasteiger partial charge is 0.379 e. The van der Waals surface area contributed by atoms with E-state index >= 15 is 0 Å². The van der Waals surface area contributed by atoms with Crippen molar-refractivity contribution in [2.24, 2.45) is 4.99 Å². The van der Waals surface area contributed by atoms with E-state index in [2.05, 4.69) is 20.5 Å². The van der Waals surface area contributed by atoms with Gasteiger partial charge in [0.1, 0.15) is 0 Å². The first-order valence-corrected chi connectivity index (χ1v) is 12.1. The van der Waals surface area contributed by atoms with Crippen molar-refractivity contribution in [3.05, 3.63) is 29.8 Å². The van der Waals surface area contributed by atoms with Gasteiger partial charge < -0.3 is 15.4 Å². The highest BCUT2D eigenvalue weighted by Gasteiger charge is 2.28. The van der Waals surface area contributed by atoms with Crippen LogP contribution in [0, 0.1) is 0 Å². The van der Waals surface area contributed by atoms with Crippen LogP contribution in [0.2, 0.25) is 0 Å². The smallest absolute Gasteiger partial charge is 0.236 e. The van der Waals surface area contributed by atoms with Crippen molar-refractivity contribution in [2.45, 2.75) is 19.8 Å². The summed E-state index contributed by atoms with van der Waals surface area (Å²) in [6.45, 7) is 8.90. The van der Waals surface area contributed by atoms with E-state index in [1.54, 1.807) is 0 Å². The number of nitrogens with one attached hydrogen (secondary N) is 2. The van der Waals surface area contributed by atoms with Crippen molar-refractivity contribution in [3.63, 3.8) is 0 Å². The second kappa shape index (κ2) is 12.7. The Morgan fingerprint density at radius 1 is 1.17 bits per heavy atom. The van der Waals surface area contributed by atoms with Gasteiger partial charge in [-0.15, -0.1) is 24.0 Å². The fraction of sp³-hybridized carbons (Fsp3) is 0.650. The van der Waals surface area contributed by atoms with E-state index in [-0.39, 0.29) is 29.7 Å². The van der Waals surface area contributed by atoms with Crippen LogP contribution in [0.1, 0.15) is 18.9 Å². The molecular formula is C20H34IN5O3S. The predicted octanol–water partition coefficient (Wildman–Crippen LogP) is 1.27. The monoisotopic (exact) mass is 551 g/mol. The number of sulfonamides is 1. The maximum Gasteiger partial charge on any atom is 0.236 e. The second-order valence-corrected chi connectivity index (χ2v) is 9.27. The zero-order valence-electron chi connectivity index (χ0n) is 17.7. The quantitative estimate of drug-likeness (QED) is 0.208. The summed E-state index contributed by atoms with van der Waals surface area (Å²) in [7, 11) is -3.35. The van der Waals surface area contributed by atoms with Gasteiger partial charge in [-0.25, -0.2) is 8.42 Å². The molecule has 30 heavy (non-hydrogen) atoms. The molecule has 10 heteroatoms. The Labute approximate surface area is 197 Å². The predicted molar refractivity (Wildman–Crippen MR) is 133 cm³/mol. The van der Waals surface area contributed by atoms with Gasteiger partial charge in [0.05, 0.1) is 24.7 Å². The minimum absolute atomic E-state index is 0. The summed E-state index contributed by atoms with van der Waals surface area (Å²) in [5, 5.41) is 6.35. The van der Waals surface area contributed by atoms with Crippen molar-refractivity contribution in [1.29, 1.82) is 0 Å². The third kappa shape index (κ3) is 7.24. The number of aliphatic imine (C=N–C) groups is 1. The average Bonchev–Trinajstić information content (AvgIpc) is 3.17. The summed E-state index contributed by atoms with van der Waals surface area (Å²) in [5.74, 6) is 0.714. The van der Waals surface area contributed by atoms with E-state index in [1.807, 2.05) is 31.2 Å². The van der Waals surface area contributed by atoms with Crippen LogP contribution < -0.4 is 14.9 Å². The van der Waals surface area contributed by atoms with Gasteiger partial charge in [0.2, 0.25) is 10.0 Å². The molecule has 1 aromatic rings. The maximum absolute atomic E-state index is 12.8. The van der Waals surface area contributed by atoms with Crippen LogP contribution in [0.4, 0.5) is 5.69 Å². The second-order valence-electron chi connectivity index (χ2n) is 7.26. The molecular weight excluding hydrogens is 517 g/mol. The Kier molecular flexibility index (Phi) is 10.6. The molecule has 0 saturated carbocycles. The van der Waals surface area contributed by atoms with Gasteiger partial charge in [-0.05, 0) is 31.4 Å². The lowest BCUT2D eigenvalue weighted by Gasteiger charge is -2.26. The highest BCUT2D eigenvalue weighted by atomic mass is 127. The van der Waals surface area contributed by atoms with Crippen LogP contribution >= 0.6 is 24.0 Å². The SMILES string of the molecule is CCNC(=NCCCN1CCOCC1)NCCS(=O)(=O)N1CCc2ccccc21.I. The molecule has 1 aromatic carbocycles. The average molecular weight is 551 g/mol. The number of fused-ring (bicyclic) bond motifs is 1. The first-order valence-electron chi connectivity index (χ1n) is 10.5. The standard InChI is InChI=1S/C20H33N5O3S.HI/c1-2-21-20(22-9-5-11-24-13-15-28-16-14-24)23-10-17-29(26,27)25-12-8-18-6-3-4-7-19(18)25;/h3-4,6-7H,2,5,8-17H2,1H3,(H2,21,22,23);1H. The molecule has 2 aliphatic rings. The minimum Gasteiger partial charge on any atom is -0.379 e. The summed E-state index contributed by atoms with van der Waals surface area (Å²) >= 11 is 0. The molecule has 0 bridgehead atoms. The molecule has 0 unspecified atom stereocenters. The summed E-state index contributed by atoms with van der Waals surface area (Å²) in [6, 6.07) is 7.72.